The first kappa shape index (κ1) is 19.7. The molecular formula is C23H34N2O3. The van der Waals surface area contributed by atoms with Gasteiger partial charge in [-0.05, 0) is 44.4 Å². The fourth-order valence-electron chi connectivity index (χ4n) is 4.92. The third kappa shape index (κ3) is 4.87. The molecule has 1 aromatic rings. The molecular weight excluding hydrogens is 352 g/mol. The molecule has 154 valence electrons. The van der Waals surface area contributed by atoms with E-state index in [4.69, 9.17) is 9.47 Å². The Bertz CT molecular complexity index is 638. The molecule has 1 saturated carbocycles. The predicted molar refractivity (Wildman–Crippen MR) is 110 cm³/mol. The highest BCUT2D eigenvalue weighted by Gasteiger charge is 2.28. The monoisotopic (exact) mass is 386 g/mol. The summed E-state index contributed by atoms with van der Waals surface area (Å²) in [5.41, 5.74) is 0.685. The molecule has 4 rings (SSSR count). The molecule has 0 N–H and O–H groups in total. The summed E-state index contributed by atoms with van der Waals surface area (Å²) in [5.74, 6) is 1.35. The average Bonchev–Trinajstić information content (AvgIpc) is 2.79. The second kappa shape index (κ2) is 9.75. The summed E-state index contributed by atoms with van der Waals surface area (Å²) in [6, 6.07) is 8.50. The van der Waals surface area contributed by atoms with Crippen molar-refractivity contribution in [3.05, 3.63) is 29.8 Å². The van der Waals surface area contributed by atoms with Crippen LogP contribution < -0.4 is 4.74 Å². The van der Waals surface area contributed by atoms with Gasteiger partial charge < -0.3 is 14.4 Å². The van der Waals surface area contributed by atoms with Gasteiger partial charge in [-0.15, -0.1) is 0 Å². The second-order valence-corrected chi connectivity index (χ2v) is 8.51. The molecule has 5 nitrogen and oxygen atoms in total. The number of nitrogens with zero attached hydrogens (tertiary/aromatic N) is 2. The zero-order valence-corrected chi connectivity index (χ0v) is 17.0. The van der Waals surface area contributed by atoms with Crippen molar-refractivity contribution in [2.45, 2.75) is 51.0 Å². The highest BCUT2D eigenvalue weighted by atomic mass is 16.5. The van der Waals surface area contributed by atoms with E-state index in [-0.39, 0.29) is 5.91 Å². The third-order valence-electron chi connectivity index (χ3n) is 6.53. The minimum absolute atomic E-state index is 0.0615. The lowest BCUT2D eigenvalue weighted by Gasteiger charge is -2.40. The fraction of sp³-hybridized carbons (Fsp3) is 0.696. The number of hydrogen-bond acceptors (Lipinski definition) is 4. The Balaban J connectivity index is 1.34. The molecule has 3 fully saturated rings. The van der Waals surface area contributed by atoms with Crippen LogP contribution in [0.5, 0.6) is 5.75 Å². The first-order valence-electron chi connectivity index (χ1n) is 11.1. The smallest absolute Gasteiger partial charge is 0.257 e. The van der Waals surface area contributed by atoms with Crippen molar-refractivity contribution in [3.8, 4) is 5.75 Å². The number of rotatable bonds is 5. The average molecular weight is 387 g/mol. The van der Waals surface area contributed by atoms with Crippen molar-refractivity contribution in [1.29, 1.82) is 0 Å². The second-order valence-electron chi connectivity index (χ2n) is 8.51. The summed E-state index contributed by atoms with van der Waals surface area (Å²) in [6.07, 6.45) is 9.40. The molecule has 1 atom stereocenters. The van der Waals surface area contributed by atoms with Gasteiger partial charge in [-0.2, -0.15) is 0 Å². The summed E-state index contributed by atoms with van der Waals surface area (Å²) in [4.78, 5) is 17.5. The van der Waals surface area contributed by atoms with Crippen LogP contribution >= 0.6 is 0 Å². The van der Waals surface area contributed by atoms with E-state index in [1.165, 1.54) is 51.5 Å². The van der Waals surface area contributed by atoms with Crippen LogP contribution in [0.4, 0.5) is 0 Å². The molecule has 5 heteroatoms. The lowest BCUT2D eigenvalue weighted by atomic mass is 9.90. The van der Waals surface area contributed by atoms with Crippen LogP contribution in [0.1, 0.15) is 55.3 Å². The number of ether oxygens (including phenoxy) is 2. The Morgan fingerprint density at radius 3 is 2.61 bits per heavy atom. The van der Waals surface area contributed by atoms with Gasteiger partial charge >= 0.3 is 0 Å². The van der Waals surface area contributed by atoms with Crippen LogP contribution in [0, 0.1) is 5.92 Å². The van der Waals surface area contributed by atoms with Crippen molar-refractivity contribution in [1.82, 2.24) is 9.80 Å². The maximum atomic E-state index is 12.9. The quantitative estimate of drug-likeness (QED) is 0.776. The number of piperidine rings is 1. The Morgan fingerprint density at radius 2 is 1.79 bits per heavy atom. The normalized spacial score (nSPS) is 24.9. The van der Waals surface area contributed by atoms with E-state index in [1.54, 1.807) is 0 Å². The Morgan fingerprint density at radius 1 is 1.00 bits per heavy atom. The third-order valence-corrected chi connectivity index (χ3v) is 6.53. The van der Waals surface area contributed by atoms with E-state index in [0.717, 1.165) is 18.3 Å². The van der Waals surface area contributed by atoms with Gasteiger partial charge in [-0.3, -0.25) is 9.69 Å². The van der Waals surface area contributed by atoms with E-state index in [2.05, 4.69) is 4.90 Å². The molecule has 1 aliphatic carbocycles. The fourth-order valence-corrected chi connectivity index (χ4v) is 4.92. The maximum absolute atomic E-state index is 12.9. The molecule has 0 radical (unpaired) electrons. The van der Waals surface area contributed by atoms with Crippen LogP contribution in [-0.2, 0) is 4.74 Å². The first-order chi connectivity index (χ1) is 13.8. The number of para-hydroxylation sites is 1. The molecule has 28 heavy (non-hydrogen) atoms. The number of amides is 1. The molecule has 1 amide bonds. The van der Waals surface area contributed by atoms with Gasteiger partial charge in [0.05, 0.1) is 25.4 Å². The molecule has 3 aliphatic rings. The van der Waals surface area contributed by atoms with Crippen LogP contribution in [0.25, 0.3) is 0 Å². The maximum Gasteiger partial charge on any atom is 0.257 e. The largest absolute Gasteiger partial charge is 0.492 e. The lowest BCUT2D eigenvalue weighted by molar-refractivity contribution is 0.0298. The molecule has 0 aromatic heterocycles. The molecule has 2 aliphatic heterocycles. The van der Waals surface area contributed by atoms with E-state index in [0.29, 0.717) is 44.4 Å². The van der Waals surface area contributed by atoms with Gasteiger partial charge in [0, 0.05) is 31.6 Å². The Kier molecular flexibility index (Phi) is 6.86. The summed E-state index contributed by atoms with van der Waals surface area (Å²) in [6.45, 7) is 5.65. The number of carbonyl (C=O) groups is 1. The van der Waals surface area contributed by atoms with Crippen molar-refractivity contribution >= 4 is 5.91 Å². The number of morpholine rings is 1. The summed E-state index contributed by atoms with van der Waals surface area (Å²) in [7, 11) is 0. The van der Waals surface area contributed by atoms with E-state index in [1.807, 2.05) is 29.2 Å². The highest BCUT2D eigenvalue weighted by Crippen LogP contribution is 2.28. The van der Waals surface area contributed by atoms with Gasteiger partial charge in [0.2, 0.25) is 0 Å². The van der Waals surface area contributed by atoms with Gasteiger partial charge in [-0.1, -0.05) is 31.4 Å². The summed E-state index contributed by atoms with van der Waals surface area (Å²) < 4.78 is 11.6. The van der Waals surface area contributed by atoms with Crippen LogP contribution in [0.15, 0.2) is 24.3 Å². The highest BCUT2D eigenvalue weighted by molar-refractivity contribution is 5.97. The zero-order chi connectivity index (χ0) is 19.2. The van der Waals surface area contributed by atoms with Crippen molar-refractivity contribution in [3.63, 3.8) is 0 Å². The van der Waals surface area contributed by atoms with E-state index < -0.39 is 0 Å². The molecule has 2 heterocycles. The first-order valence-corrected chi connectivity index (χ1v) is 11.1. The van der Waals surface area contributed by atoms with E-state index in [9.17, 15) is 4.79 Å². The molecule has 1 unspecified atom stereocenters. The standard InChI is InChI=1S/C23H34N2O3/c26-23(24-13-15-27-16-14-24)21-10-4-5-11-22(21)28-18-19-7-6-12-25(17-19)20-8-2-1-3-9-20/h4-5,10-11,19-20H,1-3,6-9,12-18H2. The summed E-state index contributed by atoms with van der Waals surface area (Å²) in [5, 5.41) is 0. The predicted octanol–water partition coefficient (Wildman–Crippen LogP) is 3.58. The van der Waals surface area contributed by atoms with Crippen LogP contribution in [-0.4, -0.2) is 67.7 Å². The SMILES string of the molecule is O=C(c1ccccc1OCC1CCCN(C2CCCCC2)C1)N1CCOCC1. The van der Waals surface area contributed by atoms with Gasteiger partial charge in [0.1, 0.15) is 5.75 Å². The van der Waals surface area contributed by atoms with Crippen molar-refractivity contribution in [2.75, 3.05) is 46.0 Å². The van der Waals surface area contributed by atoms with Crippen LogP contribution in [0.2, 0.25) is 0 Å². The zero-order valence-electron chi connectivity index (χ0n) is 17.0. The summed E-state index contributed by atoms with van der Waals surface area (Å²) >= 11 is 0. The van der Waals surface area contributed by atoms with Gasteiger partial charge in [-0.25, -0.2) is 0 Å². The van der Waals surface area contributed by atoms with E-state index >= 15 is 0 Å². The lowest BCUT2D eigenvalue weighted by Crippen LogP contribution is -2.44. The molecule has 2 saturated heterocycles. The van der Waals surface area contributed by atoms with Gasteiger partial charge in [0.15, 0.2) is 0 Å². The number of hydrogen-bond donors (Lipinski definition) is 0. The Labute approximate surface area is 169 Å². The molecule has 0 spiro atoms. The van der Waals surface area contributed by atoms with Gasteiger partial charge in [0.25, 0.3) is 5.91 Å². The minimum Gasteiger partial charge on any atom is -0.492 e. The number of benzene rings is 1. The Hall–Kier alpha value is -1.59. The topological polar surface area (TPSA) is 42.0 Å². The number of likely N-dealkylation sites (tertiary alicyclic amines) is 1. The van der Waals surface area contributed by atoms with Crippen molar-refractivity contribution in [2.24, 2.45) is 5.92 Å². The molecule has 1 aromatic carbocycles. The van der Waals surface area contributed by atoms with Crippen LogP contribution in [0.3, 0.4) is 0 Å². The van der Waals surface area contributed by atoms with Crippen molar-refractivity contribution < 1.29 is 14.3 Å². The minimum atomic E-state index is 0.0615. The number of carbonyl (C=O) groups excluding carboxylic acids is 1. The molecule has 0 bridgehead atoms.